The van der Waals surface area contributed by atoms with Crippen LogP contribution in [0.1, 0.15) is 45.6 Å². The molecule has 2 atom stereocenters. The van der Waals surface area contributed by atoms with Gasteiger partial charge in [0.2, 0.25) is 5.91 Å². The van der Waals surface area contributed by atoms with Crippen LogP contribution in [0.25, 0.3) is 0 Å². The van der Waals surface area contributed by atoms with Crippen molar-refractivity contribution in [3.63, 3.8) is 0 Å². The molecule has 0 aromatic heterocycles. The summed E-state index contributed by atoms with van der Waals surface area (Å²) in [5, 5.41) is 0. The van der Waals surface area contributed by atoms with Crippen molar-refractivity contribution in [1.82, 2.24) is 4.90 Å². The van der Waals surface area contributed by atoms with Crippen LogP contribution in [0.5, 0.6) is 0 Å². The molecule has 0 bridgehead atoms. The van der Waals surface area contributed by atoms with Crippen molar-refractivity contribution >= 4 is 15.7 Å². The highest BCUT2D eigenvalue weighted by molar-refractivity contribution is 7.90. The summed E-state index contributed by atoms with van der Waals surface area (Å²) in [6.07, 6.45) is 4.85. The van der Waals surface area contributed by atoms with E-state index in [2.05, 4.69) is 20.8 Å². The van der Waals surface area contributed by atoms with E-state index in [1.54, 1.807) is 24.3 Å². The number of benzene rings is 1. The van der Waals surface area contributed by atoms with Gasteiger partial charge in [0.1, 0.15) is 0 Å². The van der Waals surface area contributed by atoms with Crippen LogP contribution in [-0.2, 0) is 25.8 Å². The predicted molar refractivity (Wildman–Crippen MR) is 103 cm³/mol. The molecule has 1 aromatic carbocycles. The highest BCUT2D eigenvalue weighted by Gasteiger charge is 2.31. The highest BCUT2D eigenvalue weighted by Crippen LogP contribution is 2.22. The molecule has 1 aliphatic heterocycles. The number of rotatable bonds is 7. The molecule has 2 rings (SSSR count). The summed E-state index contributed by atoms with van der Waals surface area (Å²) in [6, 6.07) is 6.59. The fraction of sp³-hybridized carbons (Fsp3) is 0.650. The van der Waals surface area contributed by atoms with Crippen LogP contribution in [0.4, 0.5) is 0 Å². The number of hydrogen-bond donors (Lipinski definition) is 0. The first kappa shape index (κ1) is 20.9. The molecule has 1 amide bonds. The average molecular weight is 382 g/mol. The van der Waals surface area contributed by atoms with E-state index in [9.17, 15) is 13.2 Å². The molecule has 0 radical (unpaired) electrons. The third kappa shape index (κ3) is 5.81. The monoisotopic (exact) mass is 381 g/mol. The Morgan fingerprint density at radius 3 is 2.42 bits per heavy atom. The van der Waals surface area contributed by atoms with E-state index in [0.717, 1.165) is 24.8 Å². The number of morpholine rings is 1. The number of sulfone groups is 1. The summed E-state index contributed by atoms with van der Waals surface area (Å²) in [5.74, 6) is 0.441. The van der Waals surface area contributed by atoms with Gasteiger partial charge in [0.25, 0.3) is 0 Å². The summed E-state index contributed by atoms with van der Waals surface area (Å²) >= 11 is 0. The lowest BCUT2D eigenvalue weighted by Crippen LogP contribution is -2.52. The molecule has 146 valence electrons. The number of ether oxygens (including phenoxy) is 1. The van der Waals surface area contributed by atoms with Gasteiger partial charge >= 0.3 is 0 Å². The predicted octanol–water partition coefficient (Wildman–Crippen LogP) is 3.07. The van der Waals surface area contributed by atoms with Gasteiger partial charge in [0.15, 0.2) is 9.84 Å². The Hall–Kier alpha value is -1.40. The van der Waals surface area contributed by atoms with Crippen LogP contribution in [0.3, 0.4) is 0 Å². The first-order valence-corrected chi connectivity index (χ1v) is 11.3. The molecule has 26 heavy (non-hydrogen) atoms. The Bertz CT molecular complexity index is 697. The van der Waals surface area contributed by atoms with Gasteiger partial charge in [0, 0.05) is 19.3 Å². The van der Waals surface area contributed by atoms with Crippen molar-refractivity contribution in [3.8, 4) is 0 Å². The van der Waals surface area contributed by atoms with Gasteiger partial charge < -0.3 is 9.64 Å². The van der Waals surface area contributed by atoms with Gasteiger partial charge in [-0.15, -0.1) is 0 Å². The van der Waals surface area contributed by atoms with E-state index in [1.807, 2.05) is 4.90 Å². The zero-order valence-electron chi connectivity index (χ0n) is 16.3. The fourth-order valence-corrected chi connectivity index (χ4v) is 3.80. The van der Waals surface area contributed by atoms with Gasteiger partial charge in [-0.05, 0) is 30.0 Å². The van der Waals surface area contributed by atoms with Crippen LogP contribution >= 0.6 is 0 Å². The molecule has 0 unspecified atom stereocenters. The molecule has 0 spiro atoms. The lowest BCUT2D eigenvalue weighted by Gasteiger charge is -2.40. The van der Waals surface area contributed by atoms with Crippen molar-refractivity contribution in [1.29, 1.82) is 0 Å². The van der Waals surface area contributed by atoms with Crippen LogP contribution in [-0.4, -0.2) is 50.8 Å². The zero-order chi connectivity index (χ0) is 19.3. The lowest BCUT2D eigenvalue weighted by atomic mass is 10.0. The molecule has 1 fully saturated rings. The molecule has 6 heteroatoms. The van der Waals surface area contributed by atoms with Gasteiger partial charge in [-0.1, -0.05) is 45.7 Å². The van der Waals surface area contributed by atoms with E-state index < -0.39 is 9.84 Å². The Morgan fingerprint density at radius 1 is 1.23 bits per heavy atom. The molecule has 1 aromatic rings. The smallest absolute Gasteiger partial charge is 0.227 e. The minimum atomic E-state index is -3.21. The second kappa shape index (κ2) is 9.00. The Morgan fingerprint density at radius 2 is 1.88 bits per heavy atom. The molecular weight excluding hydrogens is 350 g/mol. The average Bonchev–Trinajstić information content (AvgIpc) is 2.59. The Balaban J connectivity index is 2.04. The molecule has 1 heterocycles. The van der Waals surface area contributed by atoms with Gasteiger partial charge in [-0.3, -0.25) is 4.79 Å². The maximum Gasteiger partial charge on any atom is 0.227 e. The molecule has 0 aliphatic carbocycles. The third-order valence-electron chi connectivity index (χ3n) is 4.87. The zero-order valence-corrected chi connectivity index (χ0v) is 17.1. The number of amides is 1. The summed E-state index contributed by atoms with van der Waals surface area (Å²) in [5.41, 5.74) is 0.833. The topological polar surface area (TPSA) is 63.7 Å². The lowest BCUT2D eigenvalue weighted by molar-refractivity contribution is -0.149. The Labute approximate surface area is 157 Å². The van der Waals surface area contributed by atoms with Crippen molar-refractivity contribution in [2.45, 2.75) is 63.6 Å². The third-order valence-corrected chi connectivity index (χ3v) is 6.00. The minimum Gasteiger partial charge on any atom is -0.371 e. The second-order valence-electron chi connectivity index (χ2n) is 7.57. The fourth-order valence-electron chi connectivity index (χ4n) is 3.17. The number of carbonyl (C=O) groups excluding carboxylic acids is 1. The highest BCUT2D eigenvalue weighted by atomic mass is 32.2. The van der Waals surface area contributed by atoms with Crippen molar-refractivity contribution in [2.24, 2.45) is 5.92 Å². The van der Waals surface area contributed by atoms with Gasteiger partial charge in [-0.25, -0.2) is 8.42 Å². The van der Waals surface area contributed by atoms with E-state index in [4.69, 9.17) is 4.74 Å². The van der Waals surface area contributed by atoms with Crippen LogP contribution in [0.15, 0.2) is 29.2 Å². The normalized spacial score (nSPS) is 21.2. The second-order valence-corrected chi connectivity index (χ2v) is 9.59. The first-order chi connectivity index (χ1) is 12.2. The molecule has 5 nitrogen and oxygen atoms in total. The van der Waals surface area contributed by atoms with E-state index in [-0.39, 0.29) is 29.4 Å². The van der Waals surface area contributed by atoms with Crippen LogP contribution in [0.2, 0.25) is 0 Å². The summed E-state index contributed by atoms with van der Waals surface area (Å²) in [7, 11) is -3.21. The first-order valence-electron chi connectivity index (χ1n) is 9.43. The maximum atomic E-state index is 12.8. The largest absolute Gasteiger partial charge is 0.371 e. The SMILES string of the molecule is CCCC[C@@H]1CN(C(=O)Cc2ccc(S(C)(=O)=O)cc2)C[C@H](C(C)C)O1. The van der Waals surface area contributed by atoms with E-state index in [0.29, 0.717) is 19.0 Å². The standard InChI is InChI=1S/C20H31NO4S/c1-5-6-7-17-13-21(14-19(25-17)15(2)3)20(22)12-16-8-10-18(11-9-16)26(4,23)24/h8-11,15,17,19H,5-7,12-14H2,1-4H3/t17-,19-/m1/s1. The number of hydrogen-bond acceptors (Lipinski definition) is 4. The minimum absolute atomic E-state index is 0.0715. The Kier molecular flexibility index (Phi) is 7.24. The maximum absolute atomic E-state index is 12.8. The number of nitrogens with zero attached hydrogens (tertiary/aromatic N) is 1. The quantitative estimate of drug-likeness (QED) is 0.728. The van der Waals surface area contributed by atoms with Crippen LogP contribution < -0.4 is 0 Å². The van der Waals surface area contributed by atoms with Gasteiger partial charge in [-0.2, -0.15) is 0 Å². The number of unbranched alkanes of at least 4 members (excludes halogenated alkanes) is 1. The van der Waals surface area contributed by atoms with Crippen molar-refractivity contribution < 1.29 is 17.9 Å². The summed E-state index contributed by atoms with van der Waals surface area (Å²) in [6.45, 7) is 7.68. The van der Waals surface area contributed by atoms with Crippen molar-refractivity contribution in [2.75, 3.05) is 19.3 Å². The molecule has 1 aliphatic rings. The van der Waals surface area contributed by atoms with E-state index in [1.165, 1.54) is 6.26 Å². The summed E-state index contributed by atoms with van der Waals surface area (Å²) in [4.78, 5) is 15.0. The van der Waals surface area contributed by atoms with E-state index >= 15 is 0 Å². The number of carbonyl (C=O) groups is 1. The van der Waals surface area contributed by atoms with Crippen molar-refractivity contribution in [3.05, 3.63) is 29.8 Å². The molecular formula is C20H31NO4S. The molecule has 0 N–H and O–H groups in total. The molecule has 0 saturated carbocycles. The van der Waals surface area contributed by atoms with Crippen LogP contribution in [0, 0.1) is 5.92 Å². The van der Waals surface area contributed by atoms with Gasteiger partial charge in [0.05, 0.1) is 23.5 Å². The summed E-state index contributed by atoms with van der Waals surface area (Å²) < 4.78 is 29.3. The molecule has 1 saturated heterocycles.